The third kappa shape index (κ3) is 6.73. The van der Waals surface area contributed by atoms with E-state index in [9.17, 15) is 18.0 Å². The molecule has 4 N–H and O–H groups in total. The minimum atomic E-state index is -4.61. The van der Waals surface area contributed by atoms with Gasteiger partial charge in [-0.05, 0) is 48.4 Å². The quantitative estimate of drug-likeness (QED) is 0.403. The molecule has 1 unspecified atom stereocenters. The maximum absolute atomic E-state index is 13.0. The summed E-state index contributed by atoms with van der Waals surface area (Å²) < 4.78 is 45.1. The van der Waals surface area contributed by atoms with Gasteiger partial charge in [0.05, 0.1) is 16.8 Å². The topological polar surface area (TPSA) is 102 Å². The first kappa shape index (κ1) is 25.5. The van der Waals surface area contributed by atoms with Gasteiger partial charge in [-0.15, -0.1) is 0 Å². The van der Waals surface area contributed by atoms with Gasteiger partial charge in [0.25, 0.3) is 0 Å². The van der Waals surface area contributed by atoms with E-state index < -0.39 is 22.7 Å². The molecule has 0 spiro atoms. The molecule has 0 bridgehead atoms. The Balaban J connectivity index is 1.36. The Morgan fingerprint density at radius 1 is 1.17 bits per heavy atom. The molecule has 36 heavy (non-hydrogen) atoms. The molecule has 1 aliphatic rings. The van der Waals surface area contributed by atoms with Crippen molar-refractivity contribution in [2.45, 2.75) is 31.6 Å². The molecule has 2 heterocycles. The van der Waals surface area contributed by atoms with Gasteiger partial charge in [0.15, 0.2) is 0 Å². The molecule has 0 aliphatic carbocycles. The summed E-state index contributed by atoms with van der Waals surface area (Å²) in [6.45, 7) is 0.618. The molecule has 0 fully saturated rings. The molecule has 0 saturated heterocycles. The lowest BCUT2D eigenvalue weighted by molar-refractivity contribution is -0.137. The average Bonchev–Trinajstić information content (AvgIpc) is 2.84. The number of ether oxygens (including phenoxy) is 1. The minimum absolute atomic E-state index is 0.0281. The van der Waals surface area contributed by atoms with Crippen molar-refractivity contribution in [1.82, 2.24) is 10.3 Å². The van der Waals surface area contributed by atoms with Gasteiger partial charge in [-0.2, -0.15) is 13.2 Å². The first-order valence-electron chi connectivity index (χ1n) is 11.1. The second-order valence-corrected chi connectivity index (χ2v) is 8.54. The van der Waals surface area contributed by atoms with Gasteiger partial charge in [0.2, 0.25) is 5.91 Å². The van der Waals surface area contributed by atoms with Crippen molar-refractivity contribution in [1.29, 1.82) is 0 Å². The van der Waals surface area contributed by atoms with Gasteiger partial charge in [0.1, 0.15) is 23.0 Å². The normalized spacial score (nSPS) is 15.6. The first-order valence-corrected chi connectivity index (χ1v) is 11.5. The molecule has 7 nitrogen and oxygen atoms in total. The summed E-state index contributed by atoms with van der Waals surface area (Å²) in [4.78, 5) is 21.1. The number of alkyl halides is 3. The van der Waals surface area contributed by atoms with E-state index in [-0.39, 0.29) is 18.3 Å². The van der Waals surface area contributed by atoms with Crippen molar-refractivity contribution < 1.29 is 22.7 Å². The number of pyridine rings is 1. The van der Waals surface area contributed by atoms with Crippen LogP contribution in [0.25, 0.3) is 0 Å². The van der Waals surface area contributed by atoms with E-state index >= 15 is 0 Å². The molecule has 1 amide bonds. The average molecular weight is 518 g/mol. The second-order valence-electron chi connectivity index (χ2n) is 8.14. The van der Waals surface area contributed by atoms with Crippen LogP contribution in [0.1, 0.15) is 29.7 Å². The number of anilines is 1. The number of rotatable bonds is 7. The van der Waals surface area contributed by atoms with Crippen LogP contribution in [-0.2, 0) is 17.4 Å². The highest BCUT2D eigenvalue weighted by molar-refractivity contribution is 6.31. The molecule has 1 aliphatic heterocycles. The molecule has 0 saturated carbocycles. The SMILES string of the molecule is NC1CCN=C(c2cc(Oc3cccc(CCC(=O)Nc4ccc(Cl)c(C(F)(F)F)c4)c3)ccn2)N1. The van der Waals surface area contributed by atoms with E-state index in [4.69, 9.17) is 22.1 Å². The molecule has 0 radical (unpaired) electrons. The summed E-state index contributed by atoms with van der Waals surface area (Å²) in [6, 6.07) is 13.9. The number of aromatic nitrogens is 1. The minimum Gasteiger partial charge on any atom is -0.457 e. The predicted octanol–water partition coefficient (Wildman–Crippen LogP) is 5.14. The number of amides is 1. The van der Waals surface area contributed by atoms with Crippen LogP contribution in [0.3, 0.4) is 0 Å². The Hall–Kier alpha value is -3.63. The Morgan fingerprint density at radius 3 is 2.75 bits per heavy atom. The lowest BCUT2D eigenvalue weighted by atomic mass is 10.1. The van der Waals surface area contributed by atoms with Crippen molar-refractivity contribution in [3.8, 4) is 11.5 Å². The molecule has 188 valence electrons. The fourth-order valence-corrected chi connectivity index (χ4v) is 3.79. The Labute approximate surface area is 210 Å². The zero-order valence-electron chi connectivity index (χ0n) is 19.0. The van der Waals surface area contributed by atoms with Gasteiger partial charge >= 0.3 is 6.18 Å². The number of nitrogens with zero attached hydrogens (tertiary/aromatic N) is 2. The third-order valence-corrected chi connectivity index (χ3v) is 5.67. The zero-order chi connectivity index (χ0) is 25.7. The van der Waals surface area contributed by atoms with Crippen LogP contribution in [0.4, 0.5) is 18.9 Å². The van der Waals surface area contributed by atoms with E-state index in [1.54, 1.807) is 36.5 Å². The number of hydrogen-bond acceptors (Lipinski definition) is 6. The number of aliphatic imine (C=N–C) groups is 1. The van der Waals surface area contributed by atoms with Gasteiger partial charge in [-0.1, -0.05) is 23.7 Å². The number of amidine groups is 1. The summed E-state index contributed by atoms with van der Waals surface area (Å²) in [5, 5.41) is 5.16. The van der Waals surface area contributed by atoms with Crippen LogP contribution in [0.2, 0.25) is 5.02 Å². The van der Waals surface area contributed by atoms with Crippen LogP contribution in [0.5, 0.6) is 11.5 Å². The Bertz CT molecular complexity index is 1280. The Kier molecular flexibility index (Phi) is 7.76. The first-order chi connectivity index (χ1) is 17.2. The number of carbonyl (C=O) groups is 1. The molecule has 11 heteroatoms. The third-order valence-electron chi connectivity index (χ3n) is 5.34. The smallest absolute Gasteiger partial charge is 0.417 e. The lowest BCUT2D eigenvalue weighted by Gasteiger charge is -2.20. The van der Waals surface area contributed by atoms with Gasteiger partial charge < -0.3 is 21.1 Å². The number of nitrogens with one attached hydrogen (secondary N) is 2. The zero-order valence-corrected chi connectivity index (χ0v) is 19.7. The fraction of sp³-hybridized carbons (Fsp3) is 0.240. The maximum Gasteiger partial charge on any atom is 0.417 e. The van der Waals surface area contributed by atoms with Crippen molar-refractivity contribution in [3.05, 3.63) is 82.6 Å². The summed E-state index contributed by atoms with van der Waals surface area (Å²) in [7, 11) is 0. The Morgan fingerprint density at radius 2 is 1.97 bits per heavy atom. The molecule has 3 aromatic rings. The molecule has 1 aromatic heterocycles. The van der Waals surface area contributed by atoms with E-state index in [1.807, 2.05) is 6.07 Å². The van der Waals surface area contributed by atoms with Gasteiger partial charge in [-0.25, -0.2) is 0 Å². The van der Waals surface area contributed by atoms with Crippen LogP contribution < -0.4 is 21.1 Å². The van der Waals surface area contributed by atoms with Crippen LogP contribution in [0, 0.1) is 0 Å². The largest absolute Gasteiger partial charge is 0.457 e. The number of carbonyl (C=O) groups excluding carboxylic acids is 1. The predicted molar refractivity (Wildman–Crippen MR) is 131 cm³/mol. The van der Waals surface area contributed by atoms with Crippen LogP contribution in [-0.4, -0.2) is 29.4 Å². The van der Waals surface area contributed by atoms with Crippen molar-refractivity contribution >= 4 is 29.0 Å². The molecule has 1 atom stereocenters. The summed E-state index contributed by atoms with van der Waals surface area (Å²) in [5.74, 6) is 1.31. The van der Waals surface area contributed by atoms with E-state index in [0.29, 0.717) is 36.0 Å². The highest BCUT2D eigenvalue weighted by Gasteiger charge is 2.33. The molecular formula is C25H23ClF3N5O2. The standard InChI is InChI=1S/C25H23ClF3N5O2/c26-20-6-5-16(13-19(20)25(27,28)29)33-23(35)7-4-15-2-1-3-17(12-15)36-18-8-10-31-21(14-18)24-32-11-9-22(30)34-24/h1-3,5-6,8,10,12-14,22H,4,7,9,11,30H2,(H,32,34)(H,33,35). The molecular weight excluding hydrogens is 495 g/mol. The number of hydrogen-bond donors (Lipinski definition) is 3. The molecule has 2 aromatic carbocycles. The highest BCUT2D eigenvalue weighted by Crippen LogP contribution is 2.36. The number of aryl methyl sites for hydroxylation is 1. The van der Waals surface area contributed by atoms with E-state index in [2.05, 4.69) is 20.6 Å². The van der Waals surface area contributed by atoms with Gasteiger partial charge in [-0.3, -0.25) is 14.8 Å². The van der Waals surface area contributed by atoms with E-state index in [0.717, 1.165) is 24.1 Å². The van der Waals surface area contributed by atoms with Crippen molar-refractivity contribution in [2.24, 2.45) is 10.7 Å². The highest BCUT2D eigenvalue weighted by atomic mass is 35.5. The van der Waals surface area contributed by atoms with Crippen LogP contribution in [0.15, 0.2) is 65.8 Å². The number of nitrogens with two attached hydrogens (primary N) is 1. The lowest BCUT2D eigenvalue weighted by Crippen LogP contribution is -2.45. The van der Waals surface area contributed by atoms with Crippen molar-refractivity contribution in [2.75, 3.05) is 11.9 Å². The summed E-state index contributed by atoms with van der Waals surface area (Å²) in [6.07, 6.45) is -1.99. The number of benzene rings is 2. The fourth-order valence-electron chi connectivity index (χ4n) is 3.57. The summed E-state index contributed by atoms with van der Waals surface area (Å²) in [5.41, 5.74) is 6.41. The maximum atomic E-state index is 13.0. The second kappa shape index (κ2) is 11.0. The van der Waals surface area contributed by atoms with Crippen molar-refractivity contribution in [3.63, 3.8) is 0 Å². The summed E-state index contributed by atoms with van der Waals surface area (Å²) >= 11 is 5.62. The molecule has 4 rings (SSSR count). The number of halogens is 4. The van der Waals surface area contributed by atoms with E-state index in [1.165, 1.54) is 6.07 Å². The van der Waals surface area contributed by atoms with Gasteiger partial charge in [0, 0.05) is 37.3 Å². The van der Waals surface area contributed by atoms with Crippen LogP contribution >= 0.6 is 11.6 Å². The monoisotopic (exact) mass is 517 g/mol.